The van der Waals surface area contributed by atoms with Crippen LogP contribution < -0.4 is 0 Å². The molecule has 3 rings (SSSR count). The Bertz CT molecular complexity index is 928. The van der Waals surface area contributed by atoms with E-state index in [0.717, 1.165) is 21.2 Å². The van der Waals surface area contributed by atoms with Crippen molar-refractivity contribution in [3.8, 4) is 0 Å². The Morgan fingerprint density at radius 2 is 1.76 bits per heavy atom. The summed E-state index contributed by atoms with van der Waals surface area (Å²) in [6.07, 6.45) is 3.37. The third-order valence-electron chi connectivity index (χ3n) is 3.92. The molecule has 0 heterocycles. The highest BCUT2D eigenvalue weighted by Crippen LogP contribution is 2.36. The van der Waals surface area contributed by atoms with Crippen LogP contribution in [-0.4, -0.2) is 12.6 Å². The number of carbonyl (C=O) groups excluding carboxylic acids is 1. The lowest BCUT2D eigenvalue weighted by Crippen LogP contribution is -1.98. The third kappa shape index (κ3) is 4.12. The van der Waals surface area contributed by atoms with E-state index in [1.807, 2.05) is 37.3 Å². The molecule has 0 aliphatic carbocycles. The highest BCUT2D eigenvalue weighted by Gasteiger charge is 2.09. The predicted octanol–water partition coefficient (Wildman–Crippen LogP) is 5.88. The molecule has 126 valence electrons. The van der Waals surface area contributed by atoms with Crippen molar-refractivity contribution in [3.05, 3.63) is 77.9 Å². The Kier molecular flexibility index (Phi) is 5.56. The normalized spacial score (nSPS) is 11.1. The molecule has 0 radical (unpaired) electrons. The molecule has 0 amide bonds. The monoisotopic (exact) mass is 348 g/mol. The fourth-order valence-corrected chi connectivity index (χ4v) is 3.70. The zero-order chi connectivity index (χ0) is 17.6. The molecule has 2 nitrogen and oxygen atoms in total. The van der Waals surface area contributed by atoms with Gasteiger partial charge in [0.25, 0.3) is 0 Å². The minimum absolute atomic E-state index is 0.317. The summed E-state index contributed by atoms with van der Waals surface area (Å²) in [7, 11) is 0. The van der Waals surface area contributed by atoms with Crippen molar-refractivity contribution in [1.29, 1.82) is 0 Å². The summed E-state index contributed by atoms with van der Waals surface area (Å²) in [5.41, 5.74) is 2.28. The molecule has 25 heavy (non-hydrogen) atoms. The Morgan fingerprint density at radius 1 is 1.00 bits per heavy atom. The van der Waals surface area contributed by atoms with Gasteiger partial charge in [0.1, 0.15) is 0 Å². The van der Waals surface area contributed by atoms with Crippen LogP contribution >= 0.6 is 11.8 Å². The Morgan fingerprint density at radius 3 is 2.56 bits per heavy atom. The van der Waals surface area contributed by atoms with E-state index in [1.165, 1.54) is 16.5 Å². The lowest BCUT2D eigenvalue weighted by atomic mass is 10.0. The van der Waals surface area contributed by atoms with E-state index >= 15 is 0 Å². The summed E-state index contributed by atoms with van der Waals surface area (Å²) < 4.78 is 5.02. The fourth-order valence-electron chi connectivity index (χ4n) is 2.67. The maximum absolute atomic E-state index is 11.8. The molecule has 0 N–H and O–H groups in total. The van der Waals surface area contributed by atoms with Gasteiger partial charge in [0.2, 0.25) is 0 Å². The lowest BCUT2D eigenvalue weighted by molar-refractivity contribution is -0.137. The van der Waals surface area contributed by atoms with Crippen molar-refractivity contribution in [2.75, 3.05) is 6.61 Å². The van der Waals surface area contributed by atoms with Gasteiger partial charge in [-0.15, -0.1) is 0 Å². The van der Waals surface area contributed by atoms with Gasteiger partial charge in [0.05, 0.1) is 6.61 Å². The molecule has 0 saturated carbocycles. The highest BCUT2D eigenvalue weighted by atomic mass is 32.2. The van der Waals surface area contributed by atoms with Crippen LogP contribution in [0.1, 0.15) is 18.1 Å². The van der Waals surface area contributed by atoms with Crippen LogP contribution in [0.25, 0.3) is 16.8 Å². The summed E-state index contributed by atoms with van der Waals surface area (Å²) in [5, 5.41) is 2.28. The molecular formula is C22H20O2S. The van der Waals surface area contributed by atoms with E-state index in [1.54, 1.807) is 11.8 Å². The summed E-state index contributed by atoms with van der Waals surface area (Å²) >= 11 is 1.72. The largest absolute Gasteiger partial charge is 0.463 e. The molecule has 3 aromatic rings. The topological polar surface area (TPSA) is 26.3 Å². The summed E-state index contributed by atoms with van der Waals surface area (Å²) in [6.45, 7) is 4.30. The summed E-state index contributed by atoms with van der Waals surface area (Å²) in [6, 6.07) is 20.8. The van der Waals surface area contributed by atoms with Crippen LogP contribution in [0.2, 0.25) is 0 Å². The number of hydrogen-bond donors (Lipinski definition) is 0. The standard InChI is InChI=1S/C22H20O2S/c1-3-24-22(23)15-13-19-18-10-6-5-9-17(18)12-14-21(19)25-20-11-7-4-8-16(20)2/h4-15H,3H2,1-2H3/b15-13+. The van der Waals surface area contributed by atoms with Gasteiger partial charge in [-0.1, -0.05) is 60.3 Å². The fraction of sp³-hybridized carbons (Fsp3) is 0.136. The van der Waals surface area contributed by atoms with Crippen LogP contribution in [0.3, 0.4) is 0 Å². The van der Waals surface area contributed by atoms with Gasteiger partial charge >= 0.3 is 5.97 Å². The molecule has 3 heteroatoms. The molecule has 0 bridgehead atoms. The predicted molar refractivity (Wildman–Crippen MR) is 105 cm³/mol. The summed E-state index contributed by atoms with van der Waals surface area (Å²) in [5.74, 6) is -0.317. The van der Waals surface area contributed by atoms with Crippen molar-refractivity contribution < 1.29 is 9.53 Å². The van der Waals surface area contributed by atoms with Gasteiger partial charge in [-0.2, -0.15) is 0 Å². The maximum atomic E-state index is 11.8. The van der Waals surface area contributed by atoms with E-state index in [4.69, 9.17) is 4.74 Å². The summed E-state index contributed by atoms with van der Waals surface area (Å²) in [4.78, 5) is 14.1. The molecule has 3 aromatic carbocycles. The average molecular weight is 348 g/mol. The van der Waals surface area contributed by atoms with Crippen molar-refractivity contribution in [2.24, 2.45) is 0 Å². The quantitative estimate of drug-likeness (QED) is 0.426. The second-order valence-electron chi connectivity index (χ2n) is 5.65. The maximum Gasteiger partial charge on any atom is 0.330 e. The molecule has 0 spiro atoms. The first-order valence-corrected chi connectivity index (χ1v) is 9.10. The minimum Gasteiger partial charge on any atom is -0.463 e. The van der Waals surface area contributed by atoms with E-state index in [9.17, 15) is 4.79 Å². The van der Waals surface area contributed by atoms with Gasteiger partial charge in [-0.05, 0) is 54.0 Å². The van der Waals surface area contributed by atoms with Crippen LogP contribution in [-0.2, 0) is 9.53 Å². The van der Waals surface area contributed by atoms with E-state index < -0.39 is 0 Å². The van der Waals surface area contributed by atoms with Crippen LogP contribution in [0.4, 0.5) is 0 Å². The van der Waals surface area contributed by atoms with Gasteiger partial charge in [0, 0.05) is 15.9 Å². The Labute approximate surface area is 152 Å². The highest BCUT2D eigenvalue weighted by molar-refractivity contribution is 7.99. The first-order valence-electron chi connectivity index (χ1n) is 8.29. The van der Waals surface area contributed by atoms with Crippen molar-refractivity contribution >= 4 is 34.6 Å². The molecule has 0 saturated heterocycles. The number of hydrogen-bond acceptors (Lipinski definition) is 3. The molecule has 0 unspecified atom stereocenters. The number of ether oxygens (including phenoxy) is 1. The SMILES string of the molecule is CCOC(=O)/C=C/c1c(Sc2ccccc2C)ccc2ccccc12. The van der Waals surface area contributed by atoms with Crippen molar-refractivity contribution in [2.45, 2.75) is 23.6 Å². The molecule has 0 aromatic heterocycles. The lowest BCUT2D eigenvalue weighted by Gasteiger charge is -2.11. The number of rotatable bonds is 5. The number of fused-ring (bicyclic) bond motifs is 1. The molecular weight excluding hydrogens is 328 g/mol. The number of esters is 1. The first kappa shape index (κ1) is 17.3. The zero-order valence-corrected chi connectivity index (χ0v) is 15.2. The smallest absolute Gasteiger partial charge is 0.330 e. The first-order chi connectivity index (χ1) is 12.2. The molecule has 0 aliphatic heterocycles. The molecule has 0 atom stereocenters. The van der Waals surface area contributed by atoms with E-state index in [2.05, 4.69) is 43.3 Å². The van der Waals surface area contributed by atoms with Gasteiger partial charge in [-0.3, -0.25) is 0 Å². The van der Waals surface area contributed by atoms with Crippen molar-refractivity contribution in [3.63, 3.8) is 0 Å². The molecule has 0 fully saturated rings. The van der Waals surface area contributed by atoms with Crippen molar-refractivity contribution in [1.82, 2.24) is 0 Å². The second-order valence-corrected chi connectivity index (χ2v) is 6.74. The number of carbonyl (C=O) groups is 1. The van der Waals surface area contributed by atoms with E-state index in [0.29, 0.717) is 6.61 Å². The van der Waals surface area contributed by atoms with E-state index in [-0.39, 0.29) is 5.97 Å². The Balaban J connectivity index is 2.06. The van der Waals surface area contributed by atoms with Gasteiger partial charge in [0.15, 0.2) is 0 Å². The van der Waals surface area contributed by atoms with Gasteiger partial charge in [-0.25, -0.2) is 4.79 Å². The van der Waals surface area contributed by atoms with Crippen LogP contribution in [0.5, 0.6) is 0 Å². The zero-order valence-electron chi connectivity index (χ0n) is 14.4. The third-order valence-corrected chi connectivity index (χ3v) is 5.17. The number of aryl methyl sites for hydroxylation is 1. The number of benzene rings is 3. The average Bonchev–Trinajstić information content (AvgIpc) is 2.62. The van der Waals surface area contributed by atoms with Gasteiger partial charge < -0.3 is 4.74 Å². The molecule has 0 aliphatic rings. The van der Waals surface area contributed by atoms with Crippen LogP contribution in [0.15, 0.2) is 76.5 Å². The minimum atomic E-state index is -0.317. The Hall–Kier alpha value is -2.52. The second kappa shape index (κ2) is 8.04. The van der Waals surface area contributed by atoms with Crippen LogP contribution in [0, 0.1) is 6.92 Å².